The Morgan fingerprint density at radius 2 is 1.44 bits per heavy atom. The van der Waals surface area contributed by atoms with Gasteiger partial charge in [-0.3, -0.25) is 4.79 Å². The number of benzene rings is 1. The number of unbranched alkanes of at least 4 members (excludes halogenated alkanes) is 8. The Morgan fingerprint density at radius 1 is 0.824 bits per heavy atom. The fraction of sp³-hybridized carbons (Fsp3) is 0.714. The maximum absolute atomic E-state index is 11.8. The number of hydrogen-bond donors (Lipinski definition) is 2. The highest BCUT2D eigenvalue weighted by Crippen LogP contribution is 2.13. The van der Waals surface area contributed by atoms with Crippen LogP contribution in [0.4, 0.5) is 4.79 Å². The van der Waals surface area contributed by atoms with Crippen LogP contribution in [0.25, 0.3) is 0 Å². The molecule has 0 aliphatic carbocycles. The van der Waals surface area contributed by atoms with E-state index in [0.717, 1.165) is 12.8 Å². The number of rotatable bonds is 20. The van der Waals surface area contributed by atoms with Crippen molar-refractivity contribution < 1.29 is 19.1 Å². The minimum Gasteiger partial charge on any atom is -0.462 e. The summed E-state index contributed by atoms with van der Waals surface area (Å²) in [6, 6.07) is 11.0. The third-order valence-corrected chi connectivity index (χ3v) is 5.84. The molecule has 0 aliphatic heterocycles. The van der Waals surface area contributed by atoms with Crippen LogP contribution in [0.15, 0.2) is 30.3 Å². The van der Waals surface area contributed by atoms with Crippen LogP contribution >= 0.6 is 0 Å². The second-order valence-electron chi connectivity index (χ2n) is 9.34. The van der Waals surface area contributed by atoms with Gasteiger partial charge in [0.15, 0.2) is 0 Å². The van der Waals surface area contributed by atoms with Gasteiger partial charge in [-0.05, 0) is 18.4 Å². The summed E-state index contributed by atoms with van der Waals surface area (Å²) in [4.78, 5) is 23.2. The highest BCUT2D eigenvalue weighted by Gasteiger charge is 2.11. The molecule has 0 saturated heterocycles. The lowest BCUT2D eigenvalue weighted by molar-refractivity contribution is -0.148. The van der Waals surface area contributed by atoms with Crippen LogP contribution < -0.4 is 10.6 Å². The second-order valence-corrected chi connectivity index (χ2v) is 9.34. The molecule has 0 fully saturated rings. The Hall–Kier alpha value is -2.08. The predicted octanol–water partition coefficient (Wildman–Crippen LogP) is 6.03. The number of carbonyl (C=O) groups is 2. The van der Waals surface area contributed by atoms with Gasteiger partial charge in [0, 0.05) is 19.1 Å². The first-order valence-corrected chi connectivity index (χ1v) is 13.4. The maximum Gasteiger partial charge on any atom is 0.407 e. The van der Waals surface area contributed by atoms with Gasteiger partial charge in [-0.1, -0.05) is 109 Å². The molecule has 6 heteroatoms. The van der Waals surface area contributed by atoms with E-state index in [-0.39, 0.29) is 25.1 Å². The molecular formula is C28H48N2O4. The molecule has 1 amide bonds. The summed E-state index contributed by atoms with van der Waals surface area (Å²) < 4.78 is 10.0. The molecule has 0 heterocycles. The lowest BCUT2D eigenvalue weighted by atomic mass is 9.99. The van der Waals surface area contributed by atoms with Crippen molar-refractivity contribution in [1.82, 2.24) is 10.6 Å². The molecule has 34 heavy (non-hydrogen) atoms. The third kappa shape index (κ3) is 16.5. The molecule has 1 aromatic rings. The van der Waals surface area contributed by atoms with Crippen molar-refractivity contribution in [3.8, 4) is 0 Å². The van der Waals surface area contributed by atoms with Crippen LogP contribution in [0.3, 0.4) is 0 Å². The number of nitrogens with one attached hydrogen (secondary N) is 2. The van der Waals surface area contributed by atoms with Crippen LogP contribution in [0.5, 0.6) is 0 Å². The summed E-state index contributed by atoms with van der Waals surface area (Å²) in [6.45, 7) is 7.12. The maximum atomic E-state index is 11.8. The lowest BCUT2D eigenvalue weighted by Gasteiger charge is -2.19. The Bertz CT molecular complexity index is 637. The van der Waals surface area contributed by atoms with Gasteiger partial charge in [0.1, 0.15) is 13.2 Å². The van der Waals surface area contributed by atoms with Crippen molar-refractivity contribution in [3.05, 3.63) is 35.9 Å². The van der Waals surface area contributed by atoms with Crippen LogP contribution in [0, 0.1) is 5.92 Å². The number of ether oxygens (including phenoxy) is 2. The minimum atomic E-state index is -0.485. The summed E-state index contributed by atoms with van der Waals surface area (Å²) in [5.74, 6) is -0.469. The number of hydrogen-bond acceptors (Lipinski definition) is 5. The number of alkyl carbamates (subject to hydrolysis) is 1. The Labute approximate surface area is 207 Å². The summed E-state index contributed by atoms with van der Waals surface area (Å²) in [7, 11) is 0. The first-order valence-electron chi connectivity index (χ1n) is 13.4. The normalized spacial score (nSPS) is 11.9. The molecule has 0 aromatic heterocycles. The highest BCUT2D eigenvalue weighted by atomic mass is 16.6. The molecule has 0 radical (unpaired) electrons. The number of carbonyl (C=O) groups excluding carboxylic acids is 2. The Balaban J connectivity index is 2.22. The van der Waals surface area contributed by atoms with Crippen LogP contribution in [0.2, 0.25) is 0 Å². The third-order valence-electron chi connectivity index (χ3n) is 5.84. The van der Waals surface area contributed by atoms with Crippen molar-refractivity contribution in [2.75, 3.05) is 26.3 Å². The molecule has 1 atom stereocenters. The largest absolute Gasteiger partial charge is 0.462 e. The zero-order chi connectivity index (χ0) is 24.9. The van der Waals surface area contributed by atoms with E-state index in [4.69, 9.17) is 9.47 Å². The molecule has 0 saturated carbocycles. The van der Waals surface area contributed by atoms with E-state index in [1.165, 1.54) is 63.4 Å². The van der Waals surface area contributed by atoms with Crippen molar-refractivity contribution in [3.63, 3.8) is 0 Å². The standard InChI is InChI=1S/C28H48N2O4/c1-4-5-6-7-8-9-10-11-15-18-26(23-25-16-13-12-14-17-25)29-19-20-30-28(32)34-22-21-33-27(31)24(2)3/h12-14,16-17,24,26,29H,4-11,15,18-23H2,1-3H3,(H,30,32). The Kier molecular flexibility index (Phi) is 17.9. The quantitative estimate of drug-likeness (QED) is 0.177. The van der Waals surface area contributed by atoms with Gasteiger partial charge in [-0.2, -0.15) is 0 Å². The van der Waals surface area contributed by atoms with Gasteiger partial charge in [0.2, 0.25) is 0 Å². The van der Waals surface area contributed by atoms with Crippen molar-refractivity contribution in [2.45, 2.75) is 97.4 Å². The van der Waals surface area contributed by atoms with E-state index in [2.05, 4.69) is 41.8 Å². The molecule has 6 nitrogen and oxygen atoms in total. The van der Waals surface area contributed by atoms with Crippen LogP contribution in [0.1, 0.15) is 90.5 Å². The van der Waals surface area contributed by atoms with E-state index in [9.17, 15) is 9.59 Å². The predicted molar refractivity (Wildman–Crippen MR) is 139 cm³/mol. The second kappa shape index (κ2) is 20.3. The van der Waals surface area contributed by atoms with E-state index >= 15 is 0 Å². The smallest absolute Gasteiger partial charge is 0.407 e. The van der Waals surface area contributed by atoms with Gasteiger partial charge >= 0.3 is 12.1 Å². The highest BCUT2D eigenvalue weighted by molar-refractivity contribution is 5.71. The first kappa shape index (κ1) is 30.0. The average molecular weight is 477 g/mol. The lowest BCUT2D eigenvalue weighted by Crippen LogP contribution is -2.38. The van der Waals surface area contributed by atoms with Crippen molar-refractivity contribution in [1.29, 1.82) is 0 Å². The molecule has 1 rings (SSSR count). The molecule has 194 valence electrons. The molecule has 1 unspecified atom stereocenters. The van der Waals surface area contributed by atoms with Gasteiger partial charge < -0.3 is 20.1 Å². The van der Waals surface area contributed by atoms with Crippen LogP contribution in [-0.4, -0.2) is 44.4 Å². The zero-order valence-electron chi connectivity index (χ0n) is 21.8. The average Bonchev–Trinajstić information content (AvgIpc) is 2.83. The molecule has 0 spiro atoms. The molecular weight excluding hydrogens is 428 g/mol. The molecule has 0 aliphatic rings. The number of amides is 1. The number of esters is 1. The molecule has 0 bridgehead atoms. The SMILES string of the molecule is CCCCCCCCCCCC(Cc1ccccc1)NCCNC(=O)OCCOC(=O)C(C)C. The Morgan fingerprint density at radius 3 is 2.09 bits per heavy atom. The first-order chi connectivity index (χ1) is 16.5. The van der Waals surface area contributed by atoms with E-state index in [0.29, 0.717) is 19.1 Å². The van der Waals surface area contributed by atoms with E-state index in [1.54, 1.807) is 13.8 Å². The molecule has 1 aromatic carbocycles. The summed E-state index contributed by atoms with van der Waals surface area (Å²) >= 11 is 0. The fourth-order valence-electron chi connectivity index (χ4n) is 3.81. The monoisotopic (exact) mass is 476 g/mol. The summed E-state index contributed by atoms with van der Waals surface area (Å²) in [5.41, 5.74) is 1.33. The van der Waals surface area contributed by atoms with Crippen molar-refractivity contribution in [2.24, 2.45) is 5.92 Å². The van der Waals surface area contributed by atoms with Gasteiger partial charge in [0.05, 0.1) is 5.92 Å². The van der Waals surface area contributed by atoms with Gasteiger partial charge in [-0.25, -0.2) is 4.79 Å². The summed E-state index contributed by atoms with van der Waals surface area (Å²) in [6.07, 6.45) is 13.6. The molecule has 2 N–H and O–H groups in total. The zero-order valence-corrected chi connectivity index (χ0v) is 21.8. The topological polar surface area (TPSA) is 76.7 Å². The van der Waals surface area contributed by atoms with E-state index < -0.39 is 6.09 Å². The van der Waals surface area contributed by atoms with Crippen molar-refractivity contribution >= 4 is 12.1 Å². The fourth-order valence-corrected chi connectivity index (χ4v) is 3.81. The summed E-state index contributed by atoms with van der Waals surface area (Å²) in [5, 5.41) is 6.36. The van der Waals surface area contributed by atoms with Gasteiger partial charge in [-0.15, -0.1) is 0 Å². The van der Waals surface area contributed by atoms with Gasteiger partial charge in [0.25, 0.3) is 0 Å². The minimum absolute atomic E-state index is 0.0625. The van der Waals surface area contributed by atoms with Crippen LogP contribution in [-0.2, 0) is 20.7 Å². The van der Waals surface area contributed by atoms with E-state index in [1.807, 2.05) is 6.07 Å².